The number of hydrogen-bond donors (Lipinski definition) is 2. The van der Waals surface area contributed by atoms with Gasteiger partial charge in [-0.2, -0.15) is 0 Å². The first-order valence-corrected chi connectivity index (χ1v) is 19.8. The first-order valence-electron chi connectivity index (χ1n) is 19.8. The Balaban J connectivity index is 1.21. The van der Waals surface area contributed by atoms with E-state index in [4.69, 9.17) is 11.5 Å². The predicted molar refractivity (Wildman–Crippen MR) is 216 cm³/mol. The third-order valence-electron chi connectivity index (χ3n) is 10.7. The minimum atomic E-state index is 0.451. The van der Waals surface area contributed by atoms with Crippen molar-refractivity contribution in [1.82, 2.24) is 0 Å². The molecule has 2 unspecified atom stereocenters. The molecule has 4 aromatic carbocycles. The van der Waals surface area contributed by atoms with Crippen molar-refractivity contribution in [2.45, 2.75) is 149 Å². The van der Waals surface area contributed by atoms with Gasteiger partial charge in [-0.1, -0.05) is 145 Å². The van der Waals surface area contributed by atoms with E-state index in [2.05, 4.69) is 113 Å². The molecule has 49 heavy (non-hydrogen) atoms. The molecule has 0 radical (unpaired) electrons. The summed E-state index contributed by atoms with van der Waals surface area (Å²) in [6.45, 7) is 9.00. The Hall–Kier alpha value is -3.52. The molecule has 0 aliphatic rings. The first-order chi connectivity index (χ1) is 23.9. The molecule has 2 atom stereocenters. The average Bonchev–Trinajstić information content (AvgIpc) is 3.10. The molecule has 0 spiro atoms. The predicted octanol–water partition coefficient (Wildman–Crippen LogP) is 13.4. The number of aryl methyl sites for hydroxylation is 4. The van der Waals surface area contributed by atoms with Crippen LogP contribution in [0, 0.1) is 13.8 Å². The summed E-state index contributed by atoms with van der Waals surface area (Å²) in [5.41, 5.74) is 25.2. The van der Waals surface area contributed by atoms with Crippen molar-refractivity contribution < 1.29 is 0 Å². The van der Waals surface area contributed by atoms with Crippen LogP contribution in [0.2, 0.25) is 0 Å². The molecular formula is C47H66N2. The summed E-state index contributed by atoms with van der Waals surface area (Å²) in [5, 5.41) is 0. The number of hydrogen-bond acceptors (Lipinski definition) is 2. The van der Waals surface area contributed by atoms with Crippen LogP contribution in [0.25, 0.3) is 0 Å². The summed E-state index contributed by atoms with van der Waals surface area (Å²) in [6, 6.07) is 32.0. The molecule has 0 saturated heterocycles. The van der Waals surface area contributed by atoms with Crippen LogP contribution in [0.3, 0.4) is 0 Å². The van der Waals surface area contributed by atoms with Gasteiger partial charge < -0.3 is 11.5 Å². The average molecular weight is 659 g/mol. The fourth-order valence-electron chi connectivity index (χ4n) is 7.76. The van der Waals surface area contributed by atoms with E-state index in [9.17, 15) is 0 Å². The molecule has 0 aliphatic heterocycles. The molecule has 0 amide bonds. The molecular weight excluding hydrogens is 593 g/mol. The van der Waals surface area contributed by atoms with Crippen LogP contribution in [0.4, 0.5) is 11.4 Å². The van der Waals surface area contributed by atoms with Crippen molar-refractivity contribution in [2.24, 2.45) is 0 Å². The molecule has 0 aromatic heterocycles. The molecule has 0 heterocycles. The van der Waals surface area contributed by atoms with E-state index in [1.165, 1.54) is 154 Å². The molecule has 2 heteroatoms. The highest BCUT2D eigenvalue weighted by Crippen LogP contribution is 2.35. The third-order valence-corrected chi connectivity index (χ3v) is 10.7. The fourth-order valence-corrected chi connectivity index (χ4v) is 7.76. The minimum absolute atomic E-state index is 0.451. The zero-order chi connectivity index (χ0) is 34.8. The largest absolute Gasteiger partial charge is 0.399 e. The van der Waals surface area contributed by atoms with Crippen molar-refractivity contribution >= 4 is 11.4 Å². The summed E-state index contributed by atoms with van der Waals surface area (Å²) >= 11 is 0. The van der Waals surface area contributed by atoms with Gasteiger partial charge in [0.05, 0.1) is 0 Å². The second kappa shape index (κ2) is 20.9. The quantitative estimate of drug-likeness (QED) is 0.0652. The van der Waals surface area contributed by atoms with Gasteiger partial charge in [0.15, 0.2) is 0 Å². The van der Waals surface area contributed by atoms with Gasteiger partial charge >= 0.3 is 0 Å². The molecule has 4 N–H and O–H groups in total. The zero-order valence-corrected chi connectivity index (χ0v) is 31.4. The van der Waals surface area contributed by atoms with Crippen molar-refractivity contribution in [1.29, 1.82) is 0 Å². The Labute approximate surface area is 300 Å². The highest BCUT2D eigenvalue weighted by atomic mass is 14.5. The van der Waals surface area contributed by atoms with E-state index in [1.54, 1.807) is 0 Å². The summed E-state index contributed by atoms with van der Waals surface area (Å²) in [7, 11) is 0. The highest BCUT2D eigenvalue weighted by Gasteiger charge is 2.18. The molecule has 0 fully saturated rings. The maximum absolute atomic E-state index is 6.09. The van der Waals surface area contributed by atoms with Crippen molar-refractivity contribution in [3.63, 3.8) is 0 Å². The topological polar surface area (TPSA) is 52.0 Å². The maximum atomic E-state index is 6.09. The monoisotopic (exact) mass is 659 g/mol. The normalized spacial score (nSPS) is 12.7. The van der Waals surface area contributed by atoms with Crippen LogP contribution in [0.1, 0.15) is 167 Å². The Morgan fingerprint density at radius 1 is 0.429 bits per heavy atom. The molecule has 2 nitrogen and oxygen atoms in total. The van der Waals surface area contributed by atoms with Gasteiger partial charge in [-0.05, 0) is 121 Å². The van der Waals surface area contributed by atoms with E-state index in [0.29, 0.717) is 11.8 Å². The number of rotatable bonds is 22. The Kier molecular flexibility index (Phi) is 16.3. The van der Waals surface area contributed by atoms with E-state index in [0.717, 1.165) is 11.4 Å². The summed E-state index contributed by atoms with van der Waals surface area (Å²) < 4.78 is 0. The summed E-state index contributed by atoms with van der Waals surface area (Å²) in [6.07, 6.45) is 21.6. The standard InChI is InChI=1S/C47H66N2/c1-5-7-9-16-20-46(44-32-30-42(48)34-36(44)3)40-26-22-38(23-27-40)18-14-12-11-13-15-19-39-24-28-41(29-25-39)47(21-17-10-8-6-2)45-33-31-43(49)35-37(45)4/h22-35,46-47H,5-21,48-49H2,1-4H3. The lowest BCUT2D eigenvalue weighted by Crippen LogP contribution is -2.05. The fraction of sp³-hybridized carbons (Fsp3) is 0.489. The molecule has 0 aliphatic carbocycles. The second-order valence-corrected chi connectivity index (χ2v) is 14.8. The highest BCUT2D eigenvalue weighted by molar-refractivity contribution is 5.49. The van der Waals surface area contributed by atoms with Gasteiger partial charge in [0.25, 0.3) is 0 Å². The van der Waals surface area contributed by atoms with Crippen LogP contribution >= 0.6 is 0 Å². The summed E-state index contributed by atoms with van der Waals surface area (Å²) in [5.74, 6) is 0.903. The SMILES string of the molecule is CCCCCCC(c1ccc(CCCCCCCc2ccc(C(CCCCCC)c3ccc(N)cc3C)cc2)cc1)c1ccc(N)cc1C. The first kappa shape index (κ1) is 38.3. The van der Waals surface area contributed by atoms with Crippen LogP contribution in [-0.4, -0.2) is 0 Å². The van der Waals surface area contributed by atoms with Gasteiger partial charge in [0.1, 0.15) is 0 Å². The van der Waals surface area contributed by atoms with Gasteiger partial charge in [0.2, 0.25) is 0 Å². The van der Waals surface area contributed by atoms with Crippen LogP contribution in [0.15, 0.2) is 84.9 Å². The molecule has 264 valence electrons. The van der Waals surface area contributed by atoms with Crippen molar-refractivity contribution in [2.75, 3.05) is 11.5 Å². The number of nitrogens with two attached hydrogens (primary N) is 2. The van der Waals surface area contributed by atoms with E-state index >= 15 is 0 Å². The van der Waals surface area contributed by atoms with E-state index in [1.807, 2.05) is 0 Å². The van der Waals surface area contributed by atoms with Gasteiger partial charge in [-0.25, -0.2) is 0 Å². The van der Waals surface area contributed by atoms with E-state index in [-0.39, 0.29) is 0 Å². The smallest absolute Gasteiger partial charge is 0.0316 e. The Morgan fingerprint density at radius 2 is 0.796 bits per heavy atom. The van der Waals surface area contributed by atoms with Gasteiger partial charge in [0, 0.05) is 23.2 Å². The maximum Gasteiger partial charge on any atom is 0.0316 e. The molecule has 0 bridgehead atoms. The zero-order valence-electron chi connectivity index (χ0n) is 31.4. The second-order valence-electron chi connectivity index (χ2n) is 14.8. The van der Waals surface area contributed by atoms with Crippen LogP contribution < -0.4 is 11.5 Å². The van der Waals surface area contributed by atoms with Crippen LogP contribution in [-0.2, 0) is 12.8 Å². The van der Waals surface area contributed by atoms with Crippen molar-refractivity contribution in [3.8, 4) is 0 Å². The minimum Gasteiger partial charge on any atom is -0.399 e. The number of anilines is 2. The van der Waals surface area contributed by atoms with Crippen molar-refractivity contribution in [3.05, 3.63) is 129 Å². The van der Waals surface area contributed by atoms with E-state index < -0.39 is 0 Å². The molecule has 4 rings (SSSR count). The lowest BCUT2D eigenvalue weighted by Gasteiger charge is -2.21. The Bertz CT molecular complexity index is 1390. The number of unbranched alkanes of at least 4 members (excludes halogenated alkanes) is 10. The third kappa shape index (κ3) is 12.4. The Morgan fingerprint density at radius 3 is 1.16 bits per heavy atom. The lowest BCUT2D eigenvalue weighted by molar-refractivity contribution is 0.594. The summed E-state index contributed by atoms with van der Waals surface area (Å²) in [4.78, 5) is 0. The van der Waals surface area contributed by atoms with Gasteiger partial charge in [-0.15, -0.1) is 0 Å². The van der Waals surface area contributed by atoms with Crippen LogP contribution in [0.5, 0.6) is 0 Å². The molecule has 0 saturated carbocycles. The van der Waals surface area contributed by atoms with Gasteiger partial charge in [-0.3, -0.25) is 0 Å². The number of benzene rings is 4. The lowest BCUT2D eigenvalue weighted by atomic mass is 9.84. The number of nitrogen functional groups attached to an aromatic ring is 2. The molecule has 4 aromatic rings.